The van der Waals surface area contributed by atoms with E-state index in [1.807, 2.05) is 44.3 Å². The molecule has 1 aromatic rings. The molecule has 0 bridgehead atoms. The molecular formula is C10H13NO2S. The summed E-state index contributed by atoms with van der Waals surface area (Å²) in [5.74, 6) is 0. The monoisotopic (exact) mass is 211 g/mol. The number of nitrogens with zero attached hydrogens (tertiary/aromatic N) is 1. The number of rotatable bonds is 1. The highest BCUT2D eigenvalue weighted by atomic mass is 32.2. The second-order valence-electron chi connectivity index (χ2n) is 3.43. The third-order valence-electron chi connectivity index (χ3n) is 2.56. The van der Waals surface area contributed by atoms with Crippen molar-refractivity contribution >= 4 is 11.3 Å². The Balaban J connectivity index is 2.26. The largest absolute Gasteiger partial charge is 0.268 e. The van der Waals surface area contributed by atoms with Crippen LogP contribution in [-0.4, -0.2) is 21.6 Å². The van der Waals surface area contributed by atoms with Crippen molar-refractivity contribution in [3.05, 3.63) is 35.9 Å². The first-order chi connectivity index (χ1) is 6.70. The molecule has 4 heteroatoms. The van der Waals surface area contributed by atoms with Crippen molar-refractivity contribution in [2.45, 2.75) is 19.1 Å². The number of hydrogen-bond acceptors (Lipinski definition) is 2. The first-order valence-corrected chi connectivity index (χ1v) is 5.60. The molecule has 3 atom stereocenters. The SMILES string of the molecule is C[C@H]1[C@@H](c2ccccc2)O[S@@](=O)N1C. The highest BCUT2D eigenvalue weighted by Gasteiger charge is 2.36. The van der Waals surface area contributed by atoms with E-state index in [9.17, 15) is 4.21 Å². The van der Waals surface area contributed by atoms with Crippen LogP contribution in [0.2, 0.25) is 0 Å². The molecule has 0 unspecified atom stereocenters. The van der Waals surface area contributed by atoms with Gasteiger partial charge in [-0.25, -0.2) is 4.21 Å². The molecule has 14 heavy (non-hydrogen) atoms. The Labute approximate surface area is 86.5 Å². The molecule has 3 nitrogen and oxygen atoms in total. The number of hydrogen-bond donors (Lipinski definition) is 0. The van der Waals surface area contributed by atoms with Gasteiger partial charge in [-0.3, -0.25) is 4.18 Å². The zero-order valence-electron chi connectivity index (χ0n) is 8.21. The van der Waals surface area contributed by atoms with Crippen LogP contribution in [0.25, 0.3) is 0 Å². The standard InChI is InChI=1S/C10H13NO2S/c1-8-10(13-14(12)11(8)2)9-6-4-3-5-7-9/h3-8,10H,1-2H3/t8-,10-,14+/m0/s1. The maximum Gasteiger partial charge on any atom is 0.237 e. The second-order valence-corrected chi connectivity index (χ2v) is 4.63. The van der Waals surface area contributed by atoms with E-state index in [0.717, 1.165) is 5.56 Å². The van der Waals surface area contributed by atoms with E-state index < -0.39 is 11.3 Å². The third-order valence-corrected chi connectivity index (χ3v) is 3.74. The van der Waals surface area contributed by atoms with Crippen LogP contribution in [0.15, 0.2) is 30.3 Å². The molecule has 0 spiro atoms. The van der Waals surface area contributed by atoms with E-state index in [0.29, 0.717) is 0 Å². The van der Waals surface area contributed by atoms with Crippen LogP contribution in [-0.2, 0) is 15.4 Å². The Morgan fingerprint density at radius 1 is 1.36 bits per heavy atom. The third kappa shape index (κ3) is 1.61. The molecule has 1 aliphatic heterocycles. The Kier molecular flexibility index (Phi) is 2.67. The molecule has 2 rings (SSSR count). The van der Waals surface area contributed by atoms with Gasteiger partial charge in [0.25, 0.3) is 0 Å². The van der Waals surface area contributed by atoms with Crippen molar-refractivity contribution < 1.29 is 8.39 Å². The van der Waals surface area contributed by atoms with Gasteiger partial charge in [0.15, 0.2) is 0 Å². The van der Waals surface area contributed by atoms with Crippen molar-refractivity contribution in [2.24, 2.45) is 0 Å². The second kappa shape index (κ2) is 3.81. The highest BCUT2D eigenvalue weighted by molar-refractivity contribution is 7.77. The van der Waals surface area contributed by atoms with Gasteiger partial charge in [0, 0.05) is 7.05 Å². The van der Waals surface area contributed by atoms with Crippen LogP contribution in [0.5, 0.6) is 0 Å². The maximum absolute atomic E-state index is 11.4. The summed E-state index contributed by atoms with van der Waals surface area (Å²) in [4.78, 5) is 0. The fraction of sp³-hybridized carbons (Fsp3) is 0.400. The summed E-state index contributed by atoms with van der Waals surface area (Å²) in [5, 5.41) is 0. The maximum atomic E-state index is 11.4. The topological polar surface area (TPSA) is 29.5 Å². The molecule has 0 aromatic heterocycles. The van der Waals surface area contributed by atoms with Crippen LogP contribution in [0, 0.1) is 0 Å². The first-order valence-electron chi connectivity index (χ1n) is 4.57. The highest BCUT2D eigenvalue weighted by Crippen LogP contribution is 2.32. The van der Waals surface area contributed by atoms with E-state index >= 15 is 0 Å². The van der Waals surface area contributed by atoms with Gasteiger partial charge in [-0.05, 0) is 12.5 Å². The van der Waals surface area contributed by atoms with Gasteiger partial charge in [-0.1, -0.05) is 30.3 Å². The minimum absolute atomic E-state index is 0.0815. The van der Waals surface area contributed by atoms with E-state index in [-0.39, 0.29) is 12.1 Å². The Hall–Kier alpha value is -0.710. The zero-order valence-corrected chi connectivity index (χ0v) is 9.03. The van der Waals surface area contributed by atoms with Gasteiger partial charge in [0.05, 0.1) is 6.04 Å². The molecule has 1 aromatic carbocycles. The van der Waals surface area contributed by atoms with Crippen molar-refractivity contribution in [1.29, 1.82) is 0 Å². The fourth-order valence-electron chi connectivity index (χ4n) is 1.54. The van der Waals surface area contributed by atoms with Crippen molar-refractivity contribution in [2.75, 3.05) is 7.05 Å². The van der Waals surface area contributed by atoms with E-state index in [1.165, 1.54) is 0 Å². The van der Waals surface area contributed by atoms with E-state index in [4.69, 9.17) is 4.18 Å². The van der Waals surface area contributed by atoms with Crippen LogP contribution in [0.1, 0.15) is 18.6 Å². The van der Waals surface area contributed by atoms with Crippen molar-refractivity contribution in [3.63, 3.8) is 0 Å². The molecule has 0 aliphatic carbocycles. The minimum Gasteiger partial charge on any atom is -0.268 e. The average molecular weight is 211 g/mol. The lowest BCUT2D eigenvalue weighted by molar-refractivity contribution is 0.218. The van der Waals surface area contributed by atoms with Crippen LogP contribution in [0.4, 0.5) is 0 Å². The van der Waals surface area contributed by atoms with E-state index in [2.05, 4.69) is 0 Å². The predicted octanol–water partition coefficient (Wildman–Crippen LogP) is 1.66. The molecular weight excluding hydrogens is 198 g/mol. The molecule has 1 fully saturated rings. The normalized spacial score (nSPS) is 33.4. The van der Waals surface area contributed by atoms with Gasteiger partial charge in [0.2, 0.25) is 11.3 Å². The summed E-state index contributed by atoms with van der Waals surface area (Å²) in [5.41, 5.74) is 1.08. The minimum atomic E-state index is -1.29. The molecule has 0 radical (unpaired) electrons. The fourth-order valence-corrected chi connectivity index (χ4v) is 2.51. The van der Waals surface area contributed by atoms with Crippen molar-refractivity contribution in [3.8, 4) is 0 Å². The number of benzene rings is 1. The average Bonchev–Trinajstić information content (AvgIpc) is 2.47. The van der Waals surface area contributed by atoms with Gasteiger partial charge >= 0.3 is 0 Å². The zero-order chi connectivity index (χ0) is 10.1. The summed E-state index contributed by atoms with van der Waals surface area (Å²) in [6.45, 7) is 2.02. The molecule has 1 aliphatic rings. The smallest absolute Gasteiger partial charge is 0.237 e. The molecule has 1 saturated heterocycles. The van der Waals surface area contributed by atoms with Gasteiger partial charge in [-0.2, -0.15) is 4.31 Å². The Morgan fingerprint density at radius 2 is 2.00 bits per heavy atom. The Morgan fingerprint density at radius 3 is 2.50 bits per heavy atom. The van der Waals surface area contributed by atoms with Crippen LogP contribution >= 0.6 is 0 Å². The van der Waals surface area contributed by atoms with Crippen LogP contribution < -0.4 is 0 Å². The summed E-state index contributed by atoms with van der Waals surface area (Å²) < 4.78 is 18.5. The summed E-state index contributed by atoms with van der Waals surface area (Å²) in [6, 6.07) is 10.0. The van der Waals surface area contributed by atoms with Gasteiger partial charge in [0.1, 0.15) is 6.10 Å². The molecule has 76 valence electrons. The molecule has 0 amide bonds. The summed E-state index contributed by atoms with van der Waals surface area (Å²) in [7, 11) is 1.81. The quantitative estimate of drug-likeness (QED) is 0.707. The first kappa shape index (κ1) is 9.83. The lowest BCUT2D eigenvalue weighted by atomic mass is 10.0. The Bertz CT molecular complexity index is 341. The van der Waals surface area contributed by atoms with Crippen LogP contribution in [0.3, 0.4) is 0 Å². The van der Waals surface area contributed by atoms with E-state index in [1.54, 1.807) is 4.31 Å². The summed E-state index contributed by atoms with van der Waals surface area (Å²) in [6.07, 6.45) is -0.0815. The molecule has 0 N–H and O–H groups in total. The van der Waals surface area contributed by atoms with Gasteiger partial charge in [-0.15, -0.1) is 0 Å². The van der Waals surface area contributed by atoms with Gasteiger partial charge < -0.3 is 0 Å². The summed E-state index contributed by atoms with van der Waals surface area (Å²) >= 11 is -1.29. The lowest BCUT2D eigenvalue weighted by Gasteiger charge is -2.15. The van der Waals surface area contributed by atoms with Crippen molar-refractivity contribution in [1.82, 2.24) is 4.31 Å². The number of likely N-dealkylation sites (N-methyl/N-ethyl adjacent to an activating group) is 1. The lowest BCUT2D eigenvalue weighted by Crippen LogP contribution is -2.25. The molecule has 1 heterocycles. The predicted molar refractivity (Wildman–Crippen MR) is 55.6 cm³/mol. The molecule has 0 saturated carbocycles.